The van der Waals surface area contributed by atoms with Crippen LogP contribution in [-0.2, 0) is 14.4 Å². The number of carbonyl (C=O) groups excluding carboxylic acids is 1. The zero-order valence-electron chi connectivity index (χ0n) is 8.03. The van der Waals surface area contributed by atoms with Gasteiger partial charge in [0.25, 0.3) is 0 Å². The van der Waals surface area contributed by atoms with E-state index in [1.165, 1.54) is 0 Å². The predicted molar refractivity (Wildman–Crippen MR) is 36.5 cm³/mol. The Hall–Kier alpha value is -0.590. The van der Waals surface area contributed by atoms with E-state index >= 15 is 0 Å². The van der Waals surface area contributed by atoms with Gasteiger partial charge in [-0.1, -0.05) is 0 Å². The number of carbonyl (C=O) groups is 3. The Morgan fingerprint density at radius 2 is 1.85 bits per heavy atom. The first kappa shape index (κ1) is 12.4. The second-order valence-corrected chi connectivity index (χ2v) is 2.56. The number of nitrogens with one attached hydrogen (secondary N) is 1. The van der Waals surface area contributed by atoms with Crippen LogP contribution in [0.1, 0.15) is 14.3 Å². The SMILES string of the molecule is O=C1CCC(C(=O)O)(C(=O)O)N1.[H-].[Na+]. The van der Waals surface area contributed by atoms with Crippen molar-refractivity contribution in [3.8, 4) is 0 Å². The van der Waals surface area contributed by atoms with Gasteiger partial charge in [-0.3, -0.25) is 4.79 Å². The molecule has 3 N–H and O–H groups in total. The molecular formula is C6H8NNaO5. The van der Waals surface area contributed by atoms with E-state index in [1.807, 2.05) is 5.32 Å². The number of carboxylic acid groups (broad SMARTS) is 2. The van der Waals surface area contributed by atoms with Gasteiger partial charge in [-0.05, 0) is 0 Å². The zero-order chi connectivity index (χ0) is 9.35. The molecule has 0 aromatic rings. The van der Waals surface area contributed by atoms with Gasteiger partial charge in [-0.15, -0.1) is 0 Å². The average Bonchev–Trinajstić information content (AvgIpc) is 2.32. The molecule has 0 aromatic carbocycles. The molecule has 0 aromatic heterocycles. The number of rotatable bonds is 2. The van der Waals surface area contributed by atoms with E-state index in [4.69, 9.17) is 10.2 Å². The quantitative estimate of drug-likeness (QED) is 0.308. The van der Waals surface area contributed by atoms with Gasteiger partial charge in [0.1, 0.15) is 0 Å². The number of aliphatic carboxylic acids is 2. The smallest absolute Gasteiger partial charge is 1.00 e. The van der Waals surface area contributed by atoms with Crippen molar-refractivity contribution in [1.29, 1.82) is 0 Å². The molecule has 0 radical (unpaired) electrons. The second-order valence-electron chi connectivity index (χ2n) is 2.56. The maximum absolute atomic E-state index is 10.6. The molecule has 1 amide bonds. The molecule has 1 rings (SSSR count). The van der Waals surface area contributed by atoms with E-state index < -0.39 is 23.4 Å². The van der Waals surface area contributed by atoms with E-state index in [9.17, 15) is 14.4 Å². The summed E-state index contributed by atoms with van der Waals surface area (Å²) >= 11 is 0. The molecule has 0 spiro atoms. The molecule has 6 nitrogen and oxygen atoms in total. The number of hydrogen-bond donors (Lipinski definition) is 3. The summed E-state index contributed by atoms with van der Waals surface area (Å²) in [4.78, 5) is 31.7. The number of carboxylic acids is 2. The summed E-state index contributed by atoms with van der Waals surface area (Å²) < 4.78 is 0. The molecular weight excluding hydrogens is 189 g/mol. The van der Waals surface area contributed by atoms with E-state index in [0.29, 0.717) is 0 Å². The third-order valence-electron chi connectivity index (χ3n) is 1.81. The van der Waals surface area contributed by atoms with Crippen molar-refractivity contribution >= 4 is 17.8 Å². The molecule has 0 saturated carbocycles. The van der Waals surface area contributed by atoms with Crippen LogP contribution in [0.25, 0.3) is 0 Å². The topological polar surface area (TPSA) is 104 Å². The van der Waals surface area contributed by atoms with Crippen molar-refractivity contribution in [2.24, 2.45) is 0 Å². The van der Waals surface area contributed by atoms with Crippen molar-refractivity contribution in [3.63, 3.8) is 0 Å². The minimum Gasteiger partial charge on any atom is -1.00 e. The van der Waals surface area contributed by atoms with Crippen LogP contribution in [0.5, 0.6) is 0 Å². The standard InChI is InChI=1S/C6H7NO5.Na.H/c8-3-1-2-6(7-3,4(9)10)5(11)12;;/h1-2H2,(H,7,8)(H,9,10)(H,11,12);;/q;+1;-1. The van der Waals surface area contributed by atoms with Crippen LogP contribution in [0.2, 0.25) is 0 Å². The van der Waals surface area contributed by atoms with Gasteiger partial charge in [0.15, 0.2) is 0 Å². The molecule has 1 aliphatic rings. The van der Waals surface area contributed by atoms with Crippen LogP contribution in [0.3, 0.4) is 0 Å². The van der Waals surface area contributed by atoms with Crippen LogP contribution >= 0.6 is 0 Å². The third kappa shape index (κ3) is 2.01. The number of amides is 1. The summed E-state index contributed by atoms with van der Waals surface area (Å²) in [5.74, 6) is -3.60. The van der Waals surface area contributed by atoms with Crippen LogP contribution in [0.15, 0.2) is 0 Å². The van der Waals surface area contributed by atoms with E-state index in [0.717, 1.165) is 0 Å². The Balaban J connectivity index is 0. The first-order chi connectivity index (χ1) is 5.49. The van der Waals surface area contributed by atoms with Crippen LogP contribution < -0.4 is 34.9 Å². The van der Waals surface area contributed by atoms with Crippen molar-refractivity contribution in [2.75, 3.05) is 0 Å². The molecule has 7 heteroatoms. The van der Waals surface area contributed by atoms with Gasteiger partial charge in [-0.2, -0.15) is 0 Å². The minimum absolute atomic E-state index is 0. The normalized spacial score (nSPS) is 18.6. The molecule has 0 atom stereocenters. The van der Waals surface area contributed by atoms with Gasteiger partial charge < -0.3 is 17.0 Å². The molecule has 0 bridgehead atoms. The Morgan fingerprint density at radius 1 is 1.38 bits per heavy atom. The molecule has 0 unspecified atom stereocenters. The Bertz CT molecular complexity index is 255. The Morgan fingerprint density at radius 3 is 2.00 bits per heavy atom. The van der Waals surface area contributed by atoms with Crippen molar-refractivity contribution in [1.82, 2.24) is 5.32 Å². The number of hydrogen-bond acceptors (Lipinski definition) is 3. The minimum atomic E-state index is -2.10. The molecule has 1 fully saturated rings. The molecule has 1 aliphatic heterocycles. The summed E-state index contributed by atoms with van der Waals surface area (Å²) in [6, 6.07) is 0. The summed E-state index contributed by atoms with van der Waals surface area (Å²) in [5.41, 5.74) is -2.10. The van der Waals surface area contributed by atoms with Crippen molar-refractivity contribution < 1.29 is 55.6 Å². The maximum Gasteiger partial charge on any atom is 1.00 e. The molecule has 13 heavy (non-hydrogen) atoms. The average molecular weight is 197 g/mol. The zero-order valence-corrected chi connectivity index (χ0v) is 9.03. The summed E-state index contributed by atoms with van der Waals surface area (Å²) in [6.45, 7) is 0. The predicted octanol–water partition coefficient (Wildman–Crippen LogP) is -4.08. The van der Waals surface area contributed by atoms with Crippen molar-refractivity contribution in [3.05, 3.63) is 0 Å². The monoisotopic (exact) mass is 197 g/mol. The van der Waals surface area contributed by atoms with Gasteiger partial charge in [-0.25, -0.2) is 9.59 Å². The Kier molecular flexibility index (Phi) is 3.89. The van der Waals surface area contributed by atoms with Crippen LogP contribution in [-0.4, -0.2) is 33.6 Å². The van der Waals surface area contributed by atoms with E-state index in [1.54, 1.807) is 0 Å². The summed E-state index contributed by atoms with van der Waals surface area (Å²) in [7, 11) is 0. The van der Waals surface area contributed by atoms with Crippen molar-refractivity contribution in [2.45, 2.75) is 18.4 Å². The maximum atomic E-state index is 10.6. The first-order valence-electron chi connectivity index (χ1n) is 3.27. The van der Waals surface area contributed by atoms with Gasteiger partial charge in [0.2, 0.25) is 11.4 Å². The summed E-state index contributed by atoms with van der Waals surface area (Å²) in [5, 5.41) is 19.0. The largest absolute Gasteiger partial charge is 1.00 e. The fourth-order valence-corrected chi connectivity index (χ4v) is 1.08. The van der Waals surface area contributed by atoms with Gasteiger partial charge in [0, 0.05) is 12.8 Å². The third-order valence-corrected chi connectivity index (χ3v) is 1.81. The van der Waals surface area contributed by atoms with E-state index in [-0.39, 0.29) is 43.8 Å². The van der Waals surface area contributed by atoms with E-state index in [2.05, 4.69) is 0 Å². The molecule has 68 valence electrons. The first-order valence-corrected chi connectivity index (χ1v) is 3.27. The fraction of sp³-hybridized carbons (Fsp3) is 0.500. The molecule has 1 saturated heterocycles. The Labute approximate surface area is 97.1 Å². The fourth-order valence-electron chi connectivity index (χ4n) is 1.08. The van der Waals surface area contributed by atoms with Gasteiger partial charge >= 0.3 is 41.5 Å². The second kappa shape index (κ2) is 4.08. The molecule has 0 aliphatic carbocycles. The summed E-state index contributed by atoms with van der Waals surface area (Å²) in [6.07, 6.45) is -0.255. The molecule has 1 heterocycles. The van der Waals surface area contributed by atoms with Crippen LogP contribution in [0.4, 0.5) is 0 Å². The van der Waals surface area contributed by atoms with Gasteiger partial charge in [0.05, 0.1) is 0 Å². The van der Waals surface area contributed by atoms with Crippen LogP contribution in [0, 0.1) is 0 Å².